The summed E-state index contributed by atoms with van der Waals surface area (Å²) in [5.74, 6) is 0. The Morgan fingerprint density at radius 1 is 0.759 bits per heavy atom. The third-order valence-electron chi connectivity index (χ3n) is 5.63. The summed E-state index contributed by atoms with van der Waals surface area (Å²) >= 11 is 2.23. The van der Waals surface area contributed by atoms with Crippen molar-refractivity contribution in [2.24, 2.45) is 0 Å². The molecule has 1 nitrogen and oxygen atoms in total. The molecule has 0 amide bonds. The standard InChI is InChI=1S/C25H26N.2ClH.Ti/c1-17(26-25(2,3)4)20-12-7-8-14-22(20)23-15-9-11-19-16-18-10-5-6-13-21(18)24(19)23;;;/h5-15,17H,16H2,1-4H3;2*1H;/q-1;;;+3/p-2. The fourth-order valence-electron chi connectivity index (χ4n) is 4.24. The van der Waals surface area contributed by atoms with Crippen molar-refractivity contribution < 1.29 is 45.5 Å². The Balaban J connectivity index is 0.00000150. The first-order valence-corrected chi connectivity index (χ1v) is 10.4. The van der Waals surface area contributed by atoms with E-state index in [0.717, 1.165) is 6.42 Å². The largest absolute Gasteiger partial charge is 1.00 e. The molecule has 3 aromatic carbocycles. The van der Waals surface area contributed by atoms with Crippen molar-refractivity contribution in [1.82, 2.24) is 3.38 Å². The van der Waals surface area contributed by atoms with E-state index in [4.69, 9.17) is 0 Å². The third-order valence-corrected chi connectivity index (χ3v) is 7.28. The van der Waals surface area contributed by atoms with E-state index in [1.54, 1.807) is 0 Å². The van der Waals surface area contributed by atoms with E-state index in [-0.39, 0.29) is 30.4 Å². The molecule has 0 fully saturated rings. The van der Waals surface area contributed by atoms with Crippen LogP contribution >= 0.6 is 0 Å². The minimum atomic E-state index is 0. The van der Waals surface area contributed by atoms with Crippen LogP contribution in [0.2, 0.25) is 0 Å². The summed E-state index contributed by atoms with van der Waals surface area (Å²) in [5.41, 5.74) is 9.95. The van der Waals surface area contributed by atoms with Crippen molar-refractivity contribution in [3.63, 3.8) is 0 Å². The van der Waals surface area contributed by atoms with E-state index >= 15 is 0 Å². The summed E-state index contributed by atoms with van der Waals surface area (Å²) in [7, 11) is 0. The maximum atomic E-state index is 2.46. The van der Waals surface area contributed by atoms with Gasteiger partial charge < -0.3 is 24.8 Å². The quantitative estimate of drug-likeness (QED) is 0.405. The molecule has 0 bridgehead atoms. The molecule has 4 rings (SSSR count). The second-order valence-electron chi connectivity index (χ2n) is 8.48. The molecule has 3 aromatic rings. The summed E-state index contributed by atoms with van der Waals surface area (Å²) in [6.45, 7) is 9.16. The van der Waals surface area contributed by atoms with Crippen molar-refractivity contribution in [2.45, 2.75) is 45.7 Å². The zero-order valence-electron chi connectivity index (χ0n) is 17.3. The van der Waals surface area contributed by atoms with Gasteiger partial charge in [0.2, 0.25) is 0 Å². The Kier molecular flexibility index (Phi) is 7.82. The summed E-state index contributed by atoms with van der Waals surface area (Å²) in [5, 5.41) is 0. The maximum absolute atomic E-state index is 2.46. The number of fused-ring (bicyclic) bond motifs is 3. The molecule has 1 unspecified atom stereocenters. The number of halogens is 2. The molecule has 29 heavy (non-hydrogen) atoms. The predicted octanol–water partition coefficient (Wildman–Crippen LogP) is 0.556. The van der Waals surface area contributed by atoms with Gasteiger partial charge >= 0.3 is 175 Å². The van der Waals surface area contributed by atoms with E-state index in [9.17, 15) is 0 Å². The molecule has 0 saturated carbocycles. The number of hydrogen-bond donors (Lipinski definition) is 0. The van der Waals surface area contributed by atoms with Gasteiger partial charge in [-0.3, -0.25) is 0 Å². The van der Waals surface area contributed by atoms with E-state index in [2.05, 4.69) is 118 Å². The smallest absolute Gasteiger partial charge is 1.00 e. The molecule has 1 aliphatic carbocycles. The van der Waals surface area contributed by atoms with Crippen molar-refractivity contribution in [3.8, 4) is 22.3 Å². The van der Waals surface area contributed by atoms with E-state index in [1.807, 2.05) is 0 Å². The first kappa shape index (κ1) is 24.2. The topological polar surface area (TPSA) is 3.24 Å². The fourth-order valence-corrected chi connectivity index (χ4v) is 4.46. The predicted molar refractivity (Wildman–Crippen MR) is 110 cm³/mol. The minimum absolute atomic E-state index is 0. The zero-order valence-corrected chi connectivity index (χ0v) is 20.4. The molecular formula is C25H26Cl2NTi. The first-order chi connectivity index (χ1) is 12.9. The Labute approximate surface area is 199 Å². The molecule has 1 aliphatic rings. The van der Waals surface area contributed by atoms with Gasteiger partial charge in [-0.05, 0) is 0 Å². The molecule has 149 valence electrons. The summed E-state index contributed by atoms with van der Waals surface area (Å²) < 4.78 is 2.46. The van der Waals surface area contributed by atoms with Crippen molar-refractivity contribution in [1.29, 1.82) is 0 Å². The molecule has 1 atom stereocenters. The Hall–Kier alpha value is -1.09. The third kappa shape index (κ3) is 4.50. The van der Waals surface area contributed by atoms with E-state index in [0.29, 0.717) is 6.04 Å². The van der Waals surface area contributed by atoms with Crippen molar-refractivity contribution in [2.75, 3.05) is 0 Å². The van der Waals surface area contributed by atoms with Crippen LogP contribution in [0.5, 0.6) is 0 Å². The Bertz CT molecular complexity index is 994. The summed E-state index contributed by atoms with van der Waals surface area (Å²) in [6, 6.07) is 24.9. The van der Waals surface area contributed by atoms with Gasteiger partial charge in [-0.15, -0.1) is 0 Å². The van der Waals surface area contributed by atoms with Gasteiger partial charge in [0.25, 0.3) is 0 Å². The van der Waals surface area contributed by atoms with E-state index < -0.39 is 0 Å². The number of nitrogens with zero attached hydrogens (tertiary/aromatic N) is 1. The van der Waals surface area contributed by atoms with Gasteiger partial charge in [0.15, 0.2) is 0 Å². The van der Waals surface area contributed by atoms with Gasteiger partial charge in [-0.2, -0.15) is 0 Å². The van der Waals surface area contributed by atoms with Gasteiger partial charge in [-0.25, -0.2) is 0 Å². The molecule has 0 aromatic heterocycles. The molecule has 0 radical (unpaired) electrons. The normalized spacial score (nSPS) is 13.2. The minimum Gasteiger partial charge on any atom is -1.00 e. The first-order valence-electron chi connectivity index (χ1n) is 9.68. The molecule has 0 saturated heterocycles. The molecule has 0 N–H and O–H groups in total. The van der Waals surface area contributed by atoms with Crippen LogP contribution in [-0.2, 0) is 27.1 Å². The van der Waals surface area contributed by atoms with Gasteiger partial charge in [0.1, 0.15) is 0 Å². The monoisotopic (exact) mass is 458 g/mol. The van der Waals surface area contributed by atoms with Crippen LogP contribution in [0.4, 0.5) is 0 Å². The van der Waals surface area contributed by atoms with Crippen LogP contribution in [0.25, 0.3) is 22.3 Å². The van der Waals surface area contributed by atoms with E-state index in [1.165, 1.54) is 38.9 Å². The van der Waals surface area contributed by atoms with Crippen LogP contribution in [0, 0.1) is 0 Å². The number of rotatable bonds is 3. The average Bonchev–Trinajstić information content (AvgIpc) is 3.05. The number of hydrogen-bond acceptors (Lipinski definition) is 1. The van der Waals surface area contributed by atoms with Crippen molar-refractivity contribution in [3.05, 3.63) is 83.4 Å². The van der Waals surface area contributed by atoms with Crippen LogP contribution in [-0.4, -0.2) is 8.92 Å². The van der Waals surface area contributed by atoms with Crippen LogP contribution < -0.4 is 24.8 Å². The van der Waals surface area contributed by atoms with Crippen LogP contribution in [0.15, 0.2) is 66.7 Å². The van der Waals surface area contributed by atoms with Gasteiger partial charge in [-0.1, -0.05) is 0 Å². The van der Waals surface area contributed by atoms with Crippen LogP contribution in [0.3, 0.4) is 0 Å². The Morgan fingerprint density at radius 3 is 2.00 bits per heavy atom. The second kappa shape index (κ2) is 9.37. The van der Waals surface area contributed by atoms with Gasteiger partial charge in [0.05, 0.1) is 0 Å². The summed E-state index contributed by atoms with van der Waals surface area (Å²) in [6.07, 6.45) is 1.04. The molecule has 0 heterocycles. The zero-order chi connectivity index (χ0) is 19.2. The second-order valence-corrected chi connectivity index (χ2v) is 9.23. The van der Waals surface area contributed by atoms with Crippen molar-refractivity contribution >= 4 is 0 Å². The molecule has 4 heteroatoms. The fraction of sp³-hybridized carbons (Fsp3) is 0.280. The number of benzene rings is 3. The average molecular weight is 459 g/mol. The molecule has 0 aliphatic heterocycles. The summed E-state index contributed by atoms with van der Waals surface area (Å²) in [4.78, 5) is 0. The Morgan fingerprint density at radius 2 is 1.31 bits per heavy atom. The molecular weight excluding hydrogens is 433 g/mol. The molecule has 0 spiro atoms. The van der Waals surface area contributed by atoms with Crippen LogP contribution in [0.1, 0.15) is 50.4 Å². The SMILES string of the molecule is CC(c1ccccc1-c1cccc2c1-c1ccccc1C2)[N]([Ti+2])C(C)(C)C.[Cl-].[Cl-]. The van der Waals surface area contributed by atoms with Gasteiger partial charge in [0, 0.05) is 0 Å². The maximum Gasteiger partial charge on any atom is -1.00 e.